The summed E-state index contributed by atoms with van der Waals surface area (Å²) in [5.74, 6) is -0.0820. The van der Waals surface area contributed by atoms with E-state index >= 15 is 0 Å². The van der Waals surface area contributed by atoms with E-state index in [4.69, 9.17) is 0 Å². The first-order valence-electron chi connectivity index (χ1n) is 11.3. The molecule has 2 nitrogen and oxygen atoms in total. The van der Waals surface area contributed by atoms with E-state index in [9.17, 15) is 4.79 Å². The van der Waals surface area contributed by atoms with Gasteiger partial charge in [-0.1, -0.05) is 55.8 Å². The number of nitrogens with one attached hydrogen (secondary N) is 1. The van der Waals surface area contributed by atoms with Gasteiger partial charge in [0.05, 0.1) is 0 Å². The third-order valence-electron chi connectivity index (χ3n) is 6.26. The van der Waals surface area contributed by atoms with Gasteiger partial charge in [-0.2, -0.15) is 0 Å². The maximum atomic E-state index is 12.6. The van der Waals surface area contributed by atoms with Crippen LogP contribution in [0.1, 0.15) is 62.2 Å². The Balaban J connectivity index is 1.52. The highest BCUT2D eigenvalue weighted by Gasteiger charge is 2.26. The van der Waals surface area contributed by atoms with Crippen molar-refractivity contribution < 1.29 is 4.79 Å². The summed E-state index contributed by atoms with van der Waals surface area (Å²) in [7, 11) is 0. The molecule has 3 heteroatoms. The van der Waals surface area contributed by atoms with Crippen LogP contribution in [0.25, 0.3) is 16.2 Å². The molecule has 2 aromatic carbocycles. The van der Waals surface area contributed by atoms with Gasteiger partial charge in [0.25, 0.3) is 5.91 Å². The number of carbonyl (C=O) groups is 1. The first-order chi connectivity index (χ1) is 15.3. The summed E-state index contributed by atoms with van der Waals surface area (Å²) in [5, 5.41) is 4.13. The Morgan fingerprint density at radius 3 is 2.62 bits per heavy atom. The second-order valence-corrected chi connectivity index (χ2v) is 10.5. The minimum Gasteiger partial charge on any atom is -0.322 e. The van der Waals surface area contributed by atoms with E-state index < -0.39 is 0 Å². The Labute approximate surface area is 195 Å². The molecular formula is C29H31NOS. The van der Waals surface area contributed by atoms with Gasteiger partial charge >= 0.3 is 0 Å². The number of anilines is 1. The molecule has 1 aromatic heterocycles. The van der Waals surface area contributed by atoms with Crippen molar-refractivity contribution in [3.8, 4) is 0 Å². The summed E-state index contributed by atoms with van der Waals surface area (Å²) >= 11 is 1.72. The second-order valence-electron chi connectivity index (χ2n) is 9.37. The van der Waals surface area contributed by atoms with Gasteiger partial charge in [0.1, 0.15) is 0 Å². The first kappa shape index (κ1) is 22.3. The average Bonchev–Trinajstić information content (AvgIpc) is 3.15. The fourth-order valence-electron chi connectivity index (χ4n) is 4.49. The molecule has 1 amide bonds. The Morgan fingerprint density at radius 2 is 1.88 bits per heavy atom. The van der Waals surface area contributed by atoms with Gasteiger partial charge < -0.3 is 5.32 Å². The van der Waals surface area contributed by atoms with E-state index in [1.54, 1.807) is 11.3 Å². The molecule has 0 saturated heterocycles. The number of amides is 1. The summed E-state index contributed by atoms with van der Waals surface area (Å²) in [6.07, 6.45) is 10.6. The molecule has 0 spiro atoms. The van der Waals surface area contributed by atoms with Crippen LogP contribution in [0.2, 0.25) is 0 Å². The fraction of sp³-hybridized carbons (Fsp3) is 0.276. The normalized spacial score (nSPS) is 16.7. The molecule has 4 rings (SSSR count). The summed E-state index contributed by atoms with van der Waals surface area (Å²) < 4.78 is 1.13. The number of para-hydroxylation sites is 1. The van der Waals surface area contributed by atoms with Crippen molar-refractivity contribution in [3.05, 3.63) is 93.9 Å². The van der Waals surface area contributed by atoms with Crippen molar-refractivity contribution in [3.63, 3.8) is 0 Å². The van der Waals surface area contributed by atoms with Crippen LogP contribution in [-0.2, 0) is 0 Å². The maximum absolute atomic E-state index is 12.6. The van der Waals surface area contributed by atoms with Crippen LogP contribution in [-0.4, -0.2) is 5.91 Å². The lowest BCUT2D eigenvalue weighted by atomic mass is 9.72. The molecule has 3 aromatic rings. The molecule has 1 aliphatic carbocycles. The van der Waals surface area contributed by atoms with Gasteiger partial charge in [0, 0.05) is 20.8 Å². The fourth-order valence-corrected chi connectivity index (χ4v) is 5.60. The highest BCUT2D eigenvalue weighted by Crippen LogP contribution is 2.41. The second kappa shape index (κ2) is 9.30. The third-order valence-corrected chi connectivity index (χ3v) is 7.30. The van der Waals surface area contributed by atoms with Crippen LogP contribution in [0.4, 0.5) is 5.69 Å². The summed E-state index contributed by atoms with van der Waals surface area (Å²) in [4.78, 5) is 13.8. The van der Waals surface area contributed by atoms with Crippen LogP contribution in [0.3, 0.4) is 0 Å². The van der Waals surface area contributed by atoms with Crippen molar-refractivity contribution in [1.29, 1.82) is 0 Å². The molecule has 1 aliphatic rings. The molecule has 0 unspecified atom stereocenters. The molecule has 0 fully saturated rings. The lowest BCUT2D eigenvalue weighted by Crippen LogP contribution is -2.19. The molecule has 0 atom stereocenters. The third kappa shape index (κ3) is 5.11. The van der Waals surface area contributed by atoms with Crippen molar-refractivity contribution in [2.24, 2.45) is 5.41 Å². The minimum absolute atomic E-state index is 0.0820. The van der Waals surface area contributed by atoms with Gasteiger partial charge in [0.15, 0.2) is 0 Å². The van der Waals surface area contributed by atoms with Crippen molar-refractivity contribution >= 4 is 39.1 Å². The highest BCUT2D eigenvalue weighted by molar-refractivity contribution is 7.19. The molecule has 1 heterocycles. The van der Waals surface area contributed by atoms with E-state index in [1.807, 2.05) is 48.5 Å². The first-order valence-corrected chi connectivity index (χ1v) is 12.1. The van der Waals surface area contributed by atoms with Crippen molar-refractivity contribution in [2.45, 2.75) is 47.0 Å². The highest BCUT2D eigenvalue weighted by atomic mass is 32.1. The average molecular weight is 442 g/mol. The molecule has 0 radical (unpaired) electrons. The number of rotatable bonds is 5. The largest absolute Gasteiger partial charge is 0.322 e. The Bertz CT molecular complexity index is 1220. The molecule has 0 aliphatic heterocycles. The van der Waals surface area contributed by atoms with E-state index in [1.165, 1.54) is 46.2 Å². The summed E-state index contributed by atoms with van der Waals surface area (Å²) in [5.41, 5.74) is 5.99. The van der Waals surface area contributed by atoms with Crippen LogP contribution in [0.15, 0.2) is 83.5 Å². The Kier molecular flexibility index (Phi) is 6.48. The number of hydrogen-bond acceptors (Lipinski definition) is 2. The monoisotopic (exact) mass is 441 g/mol. The van der Waals surface area contributed by atoms with Gasteiger partial charge in [0.2, 0.25) is 0 Å². The predicted octanol–water partition coefficient (Wildman–Crippen LogP) is 8.64. The van der Waals surface area contributed by atoms with Crippen LogP contribution < -0.4 is 5.32 Å². The molecule has 164 valence electrons. The summed E-state index contributed by atoms with van der Waals surface area (Å²) in [6.45, 7) is 9.14. The Morgan fingerprint density at radius 1 is 1.09 bits per heavy atom. The quantitative estimate of drug-likeness (QED) is 0.394. The number of benzene rings is 2. The number of hydrogen-bond donors (Lipinski definition) is 1. The van der Waals surface area contributed by atoms with Crippen molar-refractivity contribution in [2.75, 3.05) is 5.32 Å². The Hall–Kier alpha value is -2.91. The lowest BCUT2D eigenvalue weighted by molar-refractivity contribution is 0.102. The van der Waals surface area contributed by atoms with Gasteiger partial charge in [-0.05, 0) is 91.5 Å². The standard InChI is InChI=1S/C29H31NOS/c1-20(12-15-26-21(2)9-8-16-29(26,3)4)17-25-18-22-13-14-23(19-27(22)32-25)28(31)30-24-10-6-5-7-11-24/h5-7,10-15,17-19H,8-9,16H2,1-4H3,(H,30,31)/b15-12?,20-17+. The van der Waals surface area contributed by atoms with Gasteiger partial charge in [-0.25, -0.2) is 0 Å². The van der Waals surface area contributed by atoms with Crippen molar-refractivity contribution in [1.82, 2.24) is 0 Å². The van der Waals surface area contributed by atoms with Crippen LogP contribution in [0.5, 0.6) is 0 Å². The van der Waals surface area contributed by atoms with E-state index in [-0.39, 0.29) is 11.3 Å². The lowest BCUT2D eigenvalue weighted by Gasteiger charge is -2.32. The molecule has 1 N–H and O–H groups in total. The minimum atomic E-state index is -0.0820. The SMILES string of the molecule is CC1=C(C=C/C(C)=C/c2cc3ccc(C(=O)Nc4ccccc4)cc3s2)C(C)(C)CCC1. The smallest absolute Gasteiger partial charge is 0.255 e. The van der Waals surface area contributed by atoms with E-state index in [0.717, 1.165) is 10.4 Å². The van der Waals surface area contributed by atoms with Gasteiger partial charge in [-0.3, -0.25) is 4.79 Å². The van der Waals surface area contributed by atoms with Crippen LogP contribution >= 0.6 is 11.3 Å². The number of fused-ring (bicyclic) bond motifs is 1. The molecule has 0 bridgehead atoms. The summed E-state index contributed by atoms with van der Waals surface area (Å²) in [6, 6.07) is 17.7. The molecular weight excluding hydrogens is 410 g/mol. The number of thiophene rings is 1. The predicted molar refractivity (Wildman–Crippen MR) is 139 cm³/mol. The van der Waals surface area contributed by atoms with Crippen LogP contribution in [0, 0.1) is 5.41 Å². The van der Waals surface area contributed by atoms with E-state index in [0.29, 0.717) is 5.56 Å². The zero-order valence-corrected chi connectivity index (χ0v) is 20.2. The number of carbonyl (C=O) groups excluding carboxylic acids is 1. The zero-order valence-electron chi connectivity index (χ0n) is 19.4. The molecule has 0 saturated carbocycles. The van der Waals surface area contributed by atoms with E-state index in [2.05, 4.69) is 57.3 Å². The zero-order chi connectivity index (χ0) is 22.7. The maximum Gasteiger partial charge on any atom is 0.255 e. The number of allylic oxidation sites excluding steroid dienone is 5. The molecule has 32 heavy (non-hydrogen) atoms. The van der Waals surface area contributed by atoms with Gasteiger partial charge in [-0.15, -0.1) is 11.3 Å². The topological polar surface area (TPSA) is 29.1 Å².